The first-order valence-electron chi connectivity index (χ1n) is 35.1. The number of amides is 6. The van der Waals surface area contributed by atoms with Gasteiger partial charge in [-0.3, -0.25) is 43.3 Å². The highest BCUT2D eigenvalue weighted by Gasteiger charge is 2.35. The van der Waals surface area contributed by atoms with Crippen molar-refractivity contribution in [3.8, 4) is 28.7 Å². The predicted octanol–water partition coefficient (Wildman–Crippen LogP) is 15.4. The number of ketones is 1. The van der Waals surface area contributed by atoms with Gasteiger partial charge in [-0.05, 0) is 164 Å². The number of esters is 1. The third-order valence-corrected chi connectivity index (χ3v) is 18.4. The molecule has 0 atom stereocenters. The molecule has 0 aliphatic carbocycles. The van der Waals surface area contributed by atoms with E-state index in [9.17, 15) is 38.4 Å². The average molecular weight is 1480 g/mol. The van der Waals surface area contributed by atoms with Crippen molar-refractivity contribution in [3.05, 3.63) is 269 Å². The summed E-state index contributed by atoms with van der Waals surface area (Å²) < 4.78 is 31.9. The van der Waals surface area contributed by atoms with Crippen molar-refractivity contribution in [3.63, 3.8) is 0 Å². The summed E-state index contributed by atoms with van der Waals surface area (Å²) in [6, 6.07) is 65.3. The van der Waals surface area contributed by atoms with E-state index in [2.05, 4.69) is 58.3 Å². The molecule has 0 radical (unpaired) electrons. The van der Waals surface area contributed by atoms with Gasteiger partial charge in [0, 0.05) is 78.2 Å². The quantitative estimate of drug-likeness (QED) is 0.00786. The summed E-state index contributed by atoms with van der Waals surface area (Å²) >= 11 is 3.09. The highest BCUT2D eigenvalue weighted by Crippen LogP contribution is 2.35. The molecule has 2 aromatic heterocycles. The number of hydrogen-bond acceptors (Lipinski definition) is 17. The Labute approximate surface area is 631 Å². The molecule has 0 saturated heterocycles. The Morgan fingerprint density at radius 1 is 0.598 bits per heavy atom. The smallest absolute Gasteiger partial charge is 0.311 e. The molecule has 107 heavy (non-hydrogen) atoms. The molecule has 4 heterocycles. The molecule has 12 rings (SSSR count). The van der Waals surface area contributed by atoms with Gasteiger partial charge in [0.15, 0.2) is 18.1 Å². The molecule has 0 unspecified atom stereocenters. The zero-order valence-corrected chi connectivity index (χ0v) is 62.0. The number of Topliss-reactive ketones (excluding diaryl/α,β-unsaturated/α-hetero) is 1. The van der Waals surface area contributed by atoms with Crippen LogP contribution < -0.4 is 45.0 Å². The lowest BCUT2D eigenvalue weighted by molar-refractivity contribution is -0.134. The minimum absolute atomic E-state index is 0.0152. The molecule has 22 heteroatoms. The van der Waals surface area contributed by atoms with E-state index in [0.717, 1.165) is 85.4 Å². The molecule has 8 aromatic carbocycles. The van der Waals surface area contributed by atoms with Crippen molar-refractivity contribution >= 4 is 105 Å². The zero-order valence-electron chi connectivity index (χ0n) is 60.4. The van der Waals surface area contributed by atoms with Crippen molar-refractivity contribution in [2.45, 2.75) is 83.8 Å². The van der Waals surface area contributed by atoms with E-state index < -0.39 is 5.97 Å². The summed E-state index contributed by atoms with van der Waals surface area (Å²) in [5.74, 6) is 4.20. The van der Waals surface area contributed by atoms with Crippen LogP contribution in [-0.2, 0) is 54.7 Å². The van der Waals surface area contributed by atoms with Gasteiger partial charge in [-0.25, -0.2) is 4.98 Å². The molecule has 4 N–H and O–H groups in total. The van der Waals surface area contributed by atoms with Crippen LogP contribution in [0, 0.1) is 6.92 Å². The summed E-state index contributed by atoms with van der Waals surface area (Å²) in [5.41, 5.74) is 10.1. The van der Waals surface area contributed by atoms with Gasteiger partial charge in [-0.1, -0.05) is 134 Å². The van der Waals surface area contributed by atoms with Gasteiger partial charge in [0.05, 0.1) is 61.1 Å². The van der Waals surface area contributed by atoms with E-state index in [1.165, 1.54) is 34.9 Å². The van der Waals surface area contributed by atoms with Crippen LogP contribution >= 0.6 is 23.5 Å². The number of hydrogen-bond donors (Lipinski definition) is 4. The first-order chi connectivity index (χ1) is 52.1. The molecule has 0 spiro atoms. The summed E-state index contributed by atoms with van der Waals surface area (Å²) in [7, 11) is 3.09. The van der Waals surface area contributed by atoms with E-state index in [-0.39, 0.29) is 60.8 Å². The van der Waals surface area contributed by atoms with Gasteiger partial charge >= 0.3 is 5.97 Å². The van der Waals surface area contributed by atoms with Gasteiger partial charge in [0.1, 0.15) is 28.8 Å². The van der Waals surface area contributed by atoms with Crippen molar-refractivity contribution < 1.29 is 66.5 Å². The van der Waals surface area contributed by atoms with Gasteiger partial charge in [-0.2, -0.15) is 11.8 Å². The number of furan rings is 1. The second kappa shape index (κ2) is 41.7. The number of fused-ring (bicyclic) bond motifs is 3. The largest absolute Gasteiger partial charge is 0.497 e. The molecular formula is C85H86N6O14S2. The summed E-state index contributed by atoms with van der Waals surface area (Å²) in [6.45, 7) is 7.71. The van der Waals surface area contributed by atoms with Crippen LogP contribution in [0.2, 0.25) is 0 Å². The molecule has 2 aliphatic heterocycles. The Morgan fingerprint density at radius 2 is 1.26 bits per heavy atom. The monoisotopic (exact) mass is 1480 g/mol. The third-order valence-electron chi connectivity index (χ3n) is 16.5. The lowest BCUT2D eigenvalue weighted by Crippen LogP contribution is -2.31. The summed E-state index contributed by atoms with van der Waals surface area (Å²) in [4.78, 5) is 102. The Bertz CT molecular complexity index is 4570. The molecular weight excluding hydrogens is 1390 g/mol. The highest BCUT2D eigenvalue weighted by atomic mass is 32.2. The fraction of sp³-hybridized carbons (Fsp3) is 0.235. The van der Waals surface area contributed by atoms with Gasteiger partial charge < -0.3 is 49.4 Å². The Balaban J connectivity index is 0.000000166. The van der Waals surface area contributed by atoms with Crippen LogP contribution in [0.1, 0.15) is 106 Å². The number of rotatable bonds is 31. The molecule has 20 nitrogen and oxygen atoms in total. The first-order valence-corrected chi connectivity index (χ1v) is 37.2. The number of para-hydroxylation sites is 2. The Kier molecular flexibility index (Phi) is 30.9. The lowest BCUT2D eigenvalue weighted by atomic mass is 10.0. The number of aromatic nitrogens is 1. The molecule has 552 valence electrons. The number of pyridine rings is 1. The number of nitrogens with one attached hydrogen (secondary N) is 4. The van der Waals surface area contributed by atoms with Crippen LogP contribution in [0.3, 0.4) is 0 Å². The number of thioether (sulfide) groups is 2. The van der Waals surface area contributed by atoms with E-state index in [0.29, 0.717) is 90.8 Å². The van der Waals surface area contributed by atoms with Gasteiger partial charge in [0.2, 0.25) is 11.8 Å². The van der Waals surface area contributed by atoms with Gasteiger partial charge in [0.25, 0.3) is 23.6 Å². The number of ether oxygens (including phenoxy) is 5. The van der Waals surface area contributed by atoms with E-state index >= 15 is 0 Å². The minimum atomic E-state index is -0.415. The third kappa shape index (κ3) is 25.0. The second-order valence-corrected chi connectivity index (χ2v) is 26.6. The second-order valence-electron chi connectivity index (χ2n) is 24.4. The van der Waals surface area contributed by atoms with Gasteiger partial charge in [-0.15, -0.1) is 0 Å². The number of carbonyl (C=O) groups is 8. The maximum atomic E-state index is 12.3. The normalized spacial score (nSPS) is 12.0. The van der Waals surface area contributed by atoms with E-state index in [1.807, 2.05) is 134 Å². The Morgan fingerprint density at radius 3 is 1.96 bits per heavy atom. The van der Waals surface area contributed by atoms with Crippen LogP contribution in [0.4, 0.5) is 11.4 Å². The first kappa shape index (κ1) is 79.4. The van der Waals surface area contributed by atoms with E-state index in [4.69, 9.17) is 28.1 Å². The van der Waals surface area contributed by atoms with E-state index in [1.54, 1.807) is 97.9 Å². The molecule has 6 amide bonds. The molecule has 0 bridgehead atoms. The number of benzene rings is 8. The average Bonchev–Trinajstić information content (AvgIpc) is 1.70. The number of imide groups is 1. The Hall–Kier alpha value is -11.8. The number of aryl methyl sites for hydroxylation is 2. The van der Waals surface area contributed by atoms with Crippen LogP contribution in [0.25, 0.3) is 22.6 Å². The number of carbonyl (C=O) groups excluding carboxylic acids is 8. The summed E-state index contributed by atoms with van der Waals surface area (Å²) in [5, 5.41) is 13.4. The van der Waals surface area contributed by atoms with Crippen LogP contribution in [-0.4, -0.2) is 108 Å². The lowest BCUT2D eigenvalue weighted by Gasteiger charge is -2.13. The fourth-order valence-electron chi connectivity index (χ4n) is 11.1. The highest BCUT2D eigenvalue weighted by molar-refractivity contribution is 8.00. The van der Waals surface area contributed by atoms with Crippen molar-refractivity contribution in [1.29, 1.82) is 0 Å². The fourth-order valence-corrected chi connectivity index (χ4v) is 12.8. The number of nitrogens with zero attached hydrogens (tertiary/aromatic N) is 2. The molecule has 2 aliphatic rings. The molecule has 0 fully saturated rings. The SMILES string of the molecule is CCCc1ccc(NC(=O)CCSCCC(=O)Cc2ccc(OCC)cc2)cc1.COc1cc(/C=C2/C(=O)Nc3ccccc32)ccc1OCC(=O)NCc1ccccc1.COc1ccc(OC(=O)CCCN2C(=O)c3ccccc3C2=O)cc1.Cc1cc(SCC(=O)NCc2ccco2)nc2ccccc12. The topological polar surface area (TPSA) is 260 Å². The maximum absolute atomic E-state index is 12.3. The predicted molar refractivity (Wildman–Crippen MR) is 419 cm³/mol. The van der Waals surface area contributed by atoms with Crippen LogP contribution in [0.5, 0.6) is 28.7 Å². The number of methoxy groups -OCH3 is 2. The van der Waals surface area contributed by atoms with Crippen LogP contribution in [0.15, 0.2) is 228 Å². The molecule has 10 aromatic rings. The zero-order chi connectivity index (χ0) is 75.7. The van der Waals surface area contributed by atoms with Crippen molar-refractivity contribution in [2.75, 3.05) is 61.9 Å². The minimum Gasteiger partial charge on any atom is -0.497 e. The van der Waals surface area contributed by atoms with Crippen molar-refractivity contribution in [2.24, 2.45) is 0 Å². The summed E-state index contributed by atoms with van der Waals surface area (Å²) in [6.07, 6.45) is 7.46. The standard InChI is InChI=1S/C25H22N2O4.C24H31NO3S.C19H17NO5.C17H16N2O2S/c1-30-23-14-18(13-20-19-9-5-6-10-21(19)27-25(20)29)11-12-22(23)31-16-24(28)26-15-17-7-3-2-4-8-17;1-3-5-19-6-10-21(11-7-19)25-24(27)15-17-29-16-14-22(26)18-20-8-12-23(13-9-20)28-4-2;1-24-13-8-10-14(11-9-13)25-17(21)7-4-12-20-18(22)15-5-2-3-6-16(15)19(20)23;1-12-9-17(19-15-7-3-2-6-14(12)15)22-11-16(20)18-10-13-5-4-8-21-13/h2-14H,15-16H2,1H3,(H,26,28)(H,27,29);6-13H,3-5,14-18H2,1-2H3,(H,25,27);2-3,5-6,8-11H,4,7,12H2,1H3;2-9H,10-11H2,1H3,(H,18,20)/b20-13+;;;. The van der Waals surface area contributed by atoms with Crippen molar-refractivity contribution in [1.82, 2.24) is 20.5 Å². The maximum Gasteiger partial charge on any atom is 0.311 e. The number of anilines is 2. The molecule has 0 saturated carbocycles.